The van der Waals surface area contributed by atoms with Crippen LogP contribution in [-0.2, 0) is 25.5 Å². The van der Waals surface area contributed by atoms with E-state index in [-0.39, 0.29) is 36.4 Å². The molecular weight excluding hydrogens is 423 g/mol. The minimum atomic E-state index is -0.331. The Hall–Kier alpha value is -2.77. The van der Waals surface area contributed by atoms with Gasteiger partial charge in [0, 0.05) is 24.2 Å². The summed E-state index contributed by atoms with van der Waals surface area (Å²) < 4.78 is 25.2. The molecule has 2 aromatic rings. The second kappa shape index (κ2) is 13.1. The van der Waals surface area contributed by atoms with E-state index in [9.17, 15) is 14.0 Å². The van der Waals surface area contributed by atoms with Crippen LogP contribution in [0.5, 0.6) is 0 Å². The minimum Gasteiger partial charge on any atom is -0.466 e. The summed E-state index contributed by atoms with van der Waals surface area (Å²) in [5.74, 6) is -0.314. The number of halogens is 1. The zero-order chi connectivity index (χ0) is 23.5. The van der Waals surface area contributed by atoms with E-state index in [1.54, 1.807) is 12.1 Å². The molecule has 2 N–H and O–H groups in total. The van der Waals surface area contributed by atoms with Gasteiger partial charge in [-0.1, -0.05) is 49.7 Å². The van der Waals surface area contributed by atoms with Crippen LogP contribution in [0.4, 0.5) is 10.1 Å². The van der Waals surface area contributed by atoms with Crippen molar-refractivity contribution in [1.29, 1.82) is 0 Å². The molecule has 7 heteroatoms. The summed E-state index contributed by atoms with van der Waals surface area (Å²) in [6, 6.07) is 14.8. The average Bonchev–Trinajstić information content (AvgIpc) is 2.83. The molecule has 0 saturated carbocycles. The number of rotatable bonds is 12. The number of benzene rings is 2. The number of nitrogens with one attached hydrogen (secondary N) is 2. The Bertz CT molecular complexity index is 885. The van der Waals surface area contributed by atoms with Crippen LogP contribution >= 0.6 is 0 Å². The predicted molar refractivity (Wildman–Crippen MR) is 126 cm³/mol. The van der Waals surface area contributed by atoms with Gasteiger partial charge in [-0.25, -0.2) is 4.39 Å². The van der Waals surface area contributed by atoms with Gasteiger partial charge in [-0.2, -0.15) is 0 Å². The molecule has 2 aromatic carbocycles. The van der Waals surface area contributed by atoms with Gasteiger partial charge in [-0.05, 0) is 42.9 Å². The summed E-state index contributed by atoms with van der Waals surface area (Å²) in [5, 5.41) is 6.22. The number of ether oxygens (including phenoxy) is 2. The van der Waals surface area contributed by atoms with E-state index in [0.29, 0.717) is 50.1 Å². The van der Waals surface area contributed by atoms with E-state index >= 15 is 0 Å². The molecule has 1 heterocycles. The predicted octanol–water partition coefficient (Wildman–Crippen LogP) is 4.20. The van der Waals surface area contributed by atoms with Gasteiger partial charge in [0.15, 0.2) is 0 Å². The SMILES string of the molecule is CCC[C@H](CC(=O)Nc1cccc(F)c1CC[C@@H]1CN[C@H](COC=O)CO1)c1ccccc1. The van der Waals surface area contributed by atoms with Gasteiger partial charge < -0.3 is 20.1 Å². The van der Waals surface area contributed by atoms with E-state index in [1.165, 1.54) is 6.07 Å². The van der Waals surface area contributed by atoms with Crippen LogP contribution in [0.3, 0.4) is 0 Å². The fraction of sp³-hybridized carbons (Fsp3) is 0.462. The standard InChI is InChI=1S/C26H33FN2O4/c1-2-7-20(19-8-4-3-5-9-19)14-26(31)29-25-11-6-10-24(27)23(25)13-12-22-15-28-21(17-33-22)16-32-18-30/h3-6,8-11,18,20-22,28H,2,7,12-17H2,1H3,(H,29,31)/t20-,21-,22-/m1/s1. The average molecular weight is 457 g/mol. The van der Waals surface area contributed by atoms with Gasteiger partial charge in [0.25, 0.3) is 6.47 Å². The molecule has 0 spiro atoms. The molecule has 33 heavy (non-hydrogen) atoms. The molecule has 0 radical (unpaired) electrons. The summed E-state index contributed by atoms with van der Waals surface area (Å²) in [7, 11) is 0. The number of anilines is 1. The number of carbonyl (C=O) groups excluding carboxylic acids is 2. The molecule has 0 aliphatic carbocycles. The van der Waals surface area contributed by atoms with Crippen molar-refractivity contribution in [2.24, 2.45) is 0 Å². The molecule has 1 amide bonds. The van der Waals surface area contributed by atoms with Gasteiger partial charge in [0.1, 0.15) is 12.4 Å². The molecule has 3 atom stereocenters. The second-order valence-corrected chi connectivity index (χ2v) is 8.44. The maximum Gasteiger partial charge on any atom is 0.293 e. The third-order valence-electron chi connectivity index (χ3n) is 5.98. The quantitative estimate of drug-likeness (QED) is 0.468. The summed E-state index contributed by atoms with van der Waals surface area (Å²) in [6.07, 6.45) is 3.23. The summed E-state index contributed by atoms with van der Waals surface area (Å²) >= 11 is 0. The molecule has 6 nitrogen and oxygen atoms in total. The molecule has 1 aliphatic rings. The first kappa shape index (κ1) is 24.9. The number of amides is 1. The van der Waals surface area contributed by atoms with E-state index < -0.39 is 0 Å². The third kappa shape index (κ3) is 7.65. The topological polar surface area (TPSA) is 76.7 Å². The molecule has 0 bridgehead atoms. The third-order valence-corrected chi connectivity index (χ3v) is 5.98. The Morgan fingerprint density at radius 2 is 2.09 bits per heavy atom. The van der Waals surface area contributed by atoms with E-state index in [4.69, 9.17) is 9.47 Å². The Labute approximate surface area is 194 Å². The van der Waals surface area contributed by atoms with Crippen molar-refractivity contribution < 1.29 is 23.5 Å². The van der Waals surface area contributed by atoms with E-state index in [2.05, 4.69) is 29.7 Å². The Morgan fingerprint density at radius 3 is 2.79 bits per heavy atom. The van der Waals surface area contributed by atoms with Crippen molar-refractivity contribution in [2.75, 3.05) is 25.1 Å². The van der Waals surface area contributed by atoms with E-state index in [1.807, 2.05) is 18.2 Å². The van der Waals surface area contributed by atoms with Gasteiger partial charge in [-0.3, -0.25) is 9.59 Å². The lowest BCUT2D eigenvalue weighted by Crippen LogP contribution is -2.48. The van der Waals surface area contributed by atoms with Gasteiger partial charge in [0.05, 0.1) is 18.8 Å². The molecule has 1 fully saturated rings. The highest BCUT2D eigenvalue weighted by atomic mass is 19.1. The molecule has 0 aromatic heterocycles. The monoisotopic (exact) mass is 456 g/mol. The van der Waals surface area contributed by atoms with Gasteiger partial charge in [-0.15, -0.1) is 0 Å². The first-order chi connectivity index (χ1) is 16.1. The molecule has 178 valence electrons. The smallest absolute Gasteiger partial charge is 0.293 e. The Kier molecular flexibility index (Phi) is 9.84. The van der Waals surface area contributed by atoms with Crippen LogP contribution < -0.4 is 10.6 Å². The maximum atomic E-state index is 14.6. The number of hydrogen-bond acceptors (Lipinski definition) is 5. The van der Waals surface area contributed by atoms with Gasteiger partial charge in [0.2, 0.25) is 5.91 Å². The number of hydrogen-bond donors (Lipinski definition) is 2. The first-order valence-electron chi connectivity index (χ1n) is 11.6. The van der Waals surface area contributed by atoms with Crippen LogP contribution in [0, 0.1) is 5.82 Å². The highest BCUT2D eigenvalue weighted by Gasteiger charge is 2.23. The van der Waals surface area contributed by atoms with Crippen molar-refractivity contribution in [3.8, 4) is 0 Å². The van der Waals surface area contributed by atoms with Crippen LogP contribution in [0.15, 0.2) is 48.5 Å². The van der Waals surface area contributed by atoms with Crippen molar-refractivity contribution in [1.82, 2.24) is 5.32 Å². The molecule has 1 saturated heterocycles. The maximum absolute atomic E-state index is 14.6. The minimum absolute atomic E-state index is 0.0320. The number of carbonyl (C=O) groups is 2. The van der Waals surface area contributed by atoms with Crippen LogP contribution in [-0.4, -0.2) is 44.3 Å². The molecule has 0 unspecified atom stereocenters. The lowest BCUT2D eigenvalue weighted by molar-refractivity contribution is -0.130. The highest BCUT2D eigenvalue weighted by molar-refractivity contribution is 5.92. The fourth-order valence-electron chi connectivity index (χ4n) is 4.24. The van der Waals surface area contributed by atoms with Crippen LogP contribution in [0.1, 0.15) is 49.7 Å². The van der Waals surface area contributed by atoms with Crippen molar-refractivity contribution in [2.45, 2.75) is 57.1 Å². The van der Waals surface area contributed by atoms with Crippen molar-refractivity contribution >= 4 is 18.1 Å². The fourth-order valence-corrected chi connectivity index (χ4v) is 4.24. The molecule has 3 rings (SSSR count). The lowest BCUT2D eigenvalue weighted by Gasteiger charge is -2.30. The Balaban J connectivity index is 1.57. The molecule has 1 aliphatic heterocycles. The first-order valence-corrected chi connectivity index (χ1v) is 11.6. The largest absolute Gasteiger partial charge is 0.466 e. The van der Waals surface area contributed by atoms with Crippen molar-refractivity contribution in [3.63, 3.8) is 0 Å². The second-order valence-electron chi connectivity index (χ2n) is 8.44. The summed E-state index contributed by atoms with van der Waals surface area (Å²) in [5.41, 5.74) is 2.16. The normalized spacial score (nSPS) is 19.0. The Morgan fingerprint density at radius 1 is 1.27 bits per heavy atom. The zero-order valence-electron chi connectivity index (χ0n) is 19.1. The number of morpholine rings is 1. The lowest BCUT2D eigenvalue weighted by atomic mass is 9.91. The zero-order valence-corrected chi connectivity index (χ0v) is 19.1. The summed E-state index contributed by atoms with van der Waals surface area (Å²) in [4.78, 5) is 23.2. The van der Waals surface area contributed by atoms with Crippen molar-refractivity contribution in [3.05, 3.63) is 65.5 Å². The molecular formula is C26H33FN2O4. The summed E-state index contributed by atoms with van der Waals surface area (Å²) in [6.45, 7) is 3.82. The van der Waals surface area contributed by atoms with Crippen LogP contribution in [0.2, 0.25) is 0 Å². The highest BCUT2D eigenvalue weighted by Crippen LogP contribution is 2.27. The van der Waals surface area contributed by atoms with Crippen LogP contribution in [0.25, 0.3) is 0 Å². The van der Waals surface area contributed by atoms with Gasteiger partial charge >= 0.3 is 0 Å². The van der Waals surface area contributed by atoms with E-state index in [0.717, 1.165) is 18.4 Å².